The minimum atomic E-state index is 0.198. The molecule has 2 heteroatoms. The third-order valence-electron chi connectivity index (χ3n) is 4.08. The van der Waals surface area contributed by atoms with Crippen molar-refractivity contribution in [2.24, 2.45) is 5.73 Å². The van der Waals surface area contributed by atoms with Crippen LogP contribution in [0.5, 0.6) is 0 Å². The van der Waals surface area contributed by atoms with E-state index in [9.17, 15) is 0 Å². The fraction of sp³-hybridized carbons (Fsp3) is 1.00. The third-order valence-corrected chi connectivity index (χ3v) is 4.08. The average molecular weight is 211 g/mol. The van der Waals surface area contributed by atoms with Gasteiger partial charge in [-0.05, 0) is 45.1 Å². The molecule has 2 N–H and O–H groups in total. The SMILES string of the molecule is NCCC1(OC2CCCCCC2)CCC1. The molecule has 0 spiro atoms. The summed E-state index contributed by atoms with van der Waals surface area (Å²) in [6, 6.07) is 0. The Kier molecular flexibility index (Phi) is 4.04. The lowest BCUT2D eigenvalue weighted by Crippen LogP contribution is -2.44. The average Bonchev–Trinajstić information content (AvgIpc) is 2.43. The van der Waals surface area contributed by atoms with Gasteiger partial charge in [0.2, 0.25) is 0 Å². The van der Waals surface area contributed by atoms with Crippen LogP contribution in [-0.2, 0) is 4.74 Å². The first-order valence-electron chi connectivity index (χ1n) is 6.73. The molecule has 15 heavy (non-hydrogen) atoms. The Morgan fingerprint density at radius 1 is 1.00 bits per heavy atom. The zero-order valence-electron chi connectivity index (χ0n) is 9.84. The molecule has 0 radical (unpaired) electrons. The molecule has 0 saturated heterocycles. The van der Waals surface area contributed by atoms with Gasteiger partial charge >= 0.3 is 0 Å². The van der Waals surface area contributed by atoms with E-state index in [1.807, 2.05) is 0 Å². The lowest BCUT2D eigenvalue weighted by molar-refractivity contribution is -0.145. The first-order chi connectivity index (χ1) is 7.35. The van der Waals surface area contributed by atoms with Gasteiger partial charge in [-0.25, -0.2) is 0 Å². The largest absolute Gasteiger partial charge is 0.372 e. The van der Waals surface area contributed by atoms with E-state index in [-0.39, 0.29) is 5.60 Å². The van der Waals surface area contributed by atoms with Crippen LogP contribution in [-0.4, -0.2) is 18.2 Å². The predicted octanol–water partition coefficient (Wildman–Crippen LogP) is 3.00. The Morgan fingerprint density at radius 3 is 2.13 bits per heavy atom. The van der Waals surface area contributed by atoms with Crippen molar-refractivity contribution in [3.8, 4) is 0 Å². The highest BCUT2D eigenvalue weighted by molar-refractivity contribution is 4.91. The Hall–Kier alpha value is -0.0800. The van der Waals surface area contributed by atoms with Crippen LogP contribution in [0.15, 0.2) is 0 Å². The molecule has 0 aromatic heterocycles. The van der Waals surface area contributed by atoms with E-state index in [1.165, 1.54) is 57.8 Å². The number of ether oxygens (including phenoxy) is 1. The van der Waals surface area contributed by atoms with Crippen molar-refractivity contribution in [3.63, 3.8) is 0 Å². The van der Waals surface area contributed by atoms with Crippen molar-refractivity contribution < 1.29 is 4.74 Å². The molecular weight excluding hydrogens is 186 g/mol. The van der Waals surface area contributed by atoms with Gasteiger partial charge in [-0.15, -0.1) is 0 Å². The molecule has 0 aromatic rings. The molecule has 0 heterocycles. The van der Waals surface area contributed by atoms with E-state index in [0.29, 0.717) is 6.10 Å². The Labute approximate surface area is 93.6 Å². The minimum absolute atomic E-state index is 0.198. The van der Waals surface area contributed by atoms with Crippen molar-refractivity contribution in [2.45, 2.75) is 75.9 Å². The second-order valence-corrected chi connectivity index (χ2v) is 5.31. The number of nitrogens with two attached hydrogens (primary N) is 1. The quantitative estimate of drug-likeness (QED) is 0.725. The standard InChI is InChI=1S/C13H25NO/c14-11-10-13(8-5-9-13)15-12-6-3-1-2-4-7-12/h12H,1-11,14H2. The van der Waals surface area contributed by atoms with Gasteiger partial charge in [0.05, 0.1) is 11.7 Å². The summed E-state index contributed by atoms with van der Waals surface area (Å²) in [6.45, 7) is 0.784. The highest BCUT2D eigenvalue weighted by Crippen LogP contribution is 2.40. The van der Waals surface area contributed by atoms with Crippen LogP contribution in [0.4, 0.5) is 0 Å². The maximum atomic E-state index is 6.36. The fourth-order valence-corrected chi connectivity index (χ4v) is 2.97. The van der Waals surface area contributed by atoms with E-state index in [1.54, 1.807) is 0 Å². The summed E-state index contributed by atoms with van der Waals surface area (Å²) < 4.78 is 6.36. The van der Waals surface area contributed by atoms with Gasteiger partial charge in [0.1, 0.15) is 0 Å². The Morgan fingerprint density at radius 2 is 1.67 bits per heavy atom. The molecule has 0 amide bonds. The Bertz CT molecular complexity index is 181. The van der Waals surface area contributed by atoms with Crippen molar-refractivity contribution in [1.82, 2.24) is 0 Å². The highest BCUT2D eigenvalue weighted by atomic mass is 16.5. The van der Waals surface area contributed by atoms with Gasteiger partial charge in [0.15, 0.2) is 0 Å². The lowest BCUT2D eigenvalue weighted by Gasteiger charge is -2.44. The zero-order valence-corrected chi connectivity index (χ0v) is 9.84. The van der Waals surface area contributed by atoms with Crippen LogP contribution < -0.4 is 5.73 Å². The normalized spacial score (nSPS) is 27.0. The topological polar surface area (TPSA) is 35.2 Å². The Balaban J connectivity index is 1.82. The summed E-state index contributed by atoms with van der Waals surface area (Å²) in [5.74, 6) is 0. The summed E-state index contributed by atoms with van der Waals surface area (Å²) in [5, 5.41) is 0. The molecule has 2 saturated carbocycles. The number of hydrogen-bond acceptors (Lipinski definition) is 2. The lowest BCUT2D eigenvalue weighted by atomic mass is 9.77. The minimum Gasteiger partial charge on any atom is -0.372 e. The molecule has 2 aliphatic rings. The van der Waals surface area contributed by atoms with E-state index < -0.39 is 0 Å². The third kappa shape index (κ3) is 2.94. The van der Waals surface area contributed by atoms with Crippen LogP contribution in [0, 0.1) is 0 Å². The number of rotatable bonds is 4. The molecule has 88 valence electrons. The summed E-state index contributed by atoms with van der Waals surface area (Å²) in [7, 11) is 0. The van der Waals surface area contributed by atoms with Crippen LogP contribution in [0.3, 0.4) is 0 Å². The second-order valence-electron chi connectivity index (χ2n) is 5.31. The van der Waals surface area contributed by atoms with E-state index in [4.69, 9.17) is 10.5 Å². The van der Waals surface area contributed by atoms with Crippen LogP contribution in [0.1, 0.15) is 64.2 Å². The zero-order chi connectivity index (χ0) is 10.6. The monoisotopic (exact) mass is 211 g/mol. The predicted molar refractivity (Wildman–Crippen MR) is 62.8 cm³/mol. The number of hydrogen-bond donors (Lipinski definition) is 1. The smallest absolute Gasteiger partial charge is 0.0698 e. The molecule has 0 aromatic carbocycles. The molecule has 0 bridgehead atoms. The maximum absolute atomic E-state index is 6.36. The molecule has 2 aliphatic carbocycles. The molecule has 2 nitrogen and oxygen atoms in total. The maximum Gasteiger partial charge on any atom is 0.0698 e. The van der Waals surface area contributed by atoms with Crippen LogP contribution in [0.2, 0.25) is 0 Å². The second kappa shape index (κ2) is 5.31. The first kappa shape index (κ1) is 11.4. The van der Waals surface area contributed by atoms with Gasteiger partial charge in [-0.3, -0.25) is 0 Å². The molecular formula is C13H25NO. The molecule has 0 unspecified atom stereocenters. The summed E-state index contributed by atoms with van der Waals surface area (Å²) in [6.07, 6.45) is 13.6. The van der Waals surface area contributed by atoms with Gasteiger partial charge in [-0.1, -0.05) is 25.7 Å². The van der Waals surface area contributed by atoms with Crippen LogP contribution in [0.25, 0.3) is 0 Å². The van der Waals surface area contributed by atoms with Gasteiger partial charge in [-0.2, -0.15) is 0 Å². The van der Waals surface area contributed by atoms with Crippen molar-refractivity contribution in [1.29, 1.82) is 0 Å². The van der Waals surface area contributed by atoms with E-state index in [0.717, 1.165) is 13.0 Å². The molecule has 2 rings (SSSR count). The van der Waals surface area contributed by atoms with E-state index in [2.05, 4.69) is 0 Å². The molecule has 0 atom stereocenters. The molecule has 0 aliphatic heterocycles. The van der Waals surface area contributed by atoms with Crippen molar-refractivity contribution in [2.75, 3.05) is 6.54 Å². The van der Waals surface area contributed by atoms with Gasteiger partial charge in [0.25, 0.3) is 0 Å². The van der Waals surface area contributed by atoms with Crippen LogP contribution >= 0.6 is 0 Å². The fourth-order valence-electron chi connectivity index (χ4n) is 2.97. The highest BCUT2D eigenvalue weighted by Gasteiger charge is 2.39. The van der Waals surface area contributed by atoms with Crippen molar-refractivity contribution >= 4 is 0 Å². The van der Waals surface area contributed by atoms with E-state index >= 15 is 0 Å². The van der Waals surface area contributed by atoms with Crippen molar-refractivity contribution in [3.05, 3.63) is 0 Å². The molecule has 2 fully saturated rings. The summed E-state index contributed by atoms with van der Waals surface area (Å²) in [5.41, 5.74) is 5.88. The first-order valence-corrected chi connectivity index (χ1v) is 6.73. The summed E-state index contributed by atoms with van der Waals surface area (Å²) in [4.78, 5) is 0. The van der Waals surface area contributed by atoms with Gasteiger partial charge in [0, 0.05) is 0 Å². The summed E-state index contributed by atoms with van der Waals surface area (Å²) >= 11 is 0. The van der Waals surface area contributed by atoms with Gasteiger partial charge < -0.3 is 10.5 Å².